The Labute approximate surface area is 159 Å². The summed E-state index contributed by atoms with van der Waals surface area (Å²) in [5, 5.41) is 6.22. The first-order valence-electron chi connectivity index (χ1n) is 8.49. The molecule has 0 saturated heterocycles. The smallest absolute Gasteiger partial charge is 0.279 e. The number of benzene rings is 2. The summed E-state index contributed by atoms with van der Waals surface area (Å²) in [5.41, 5.74) is 4.47. The van der Waals surface area contributed by atoms with Gasteiger partial charge in [0.1, 0.15) is 0 Å². The van der Waals surface area contributed by atoms with Crippen molar-refractivity contribution in [1.82, 2.24) is 0 Å². The fraction of sp³-hybridized carbons (Fsp3) is 0.300. The molecule has 26 heavy (non-hydrogen) atoms. The zero-order valence-electron chi connectivity index (χ0n) is 15.6. The van der Waals surface area contributed by atoms with Crippen molar-refractivity contribution in [3.8, 4) is 0 Å². The molecule has 2 rings (SSSR count). The average Bonchev–Trinajstić information content (AvgIpc) is 2.53. The molecule has 0 spiro atoms. The first-order chi connectivity index (χ1) is 12.3. The molecule has 0 aromatic heterocycles. The number of hydrogen-bond donors (Lipinski definition) is 3. The van der Waals surface area contributed by atoms with Crippen molar-refractivity contribution in [2.45, 2.75) is 20.8 Å². The number of rotatable bonds is 6. The number of nitrogens with one attached hydrogen (secondary N) is 3. The topological polar surface area (TPSA) is 62.6 Å². The van der Waals surface area contributed by atoms with Gasteiger partial charge in [0.15, 0.2) is 13.1 Å². The summed E-state index contributed by atoms with van der Waals surface area (Å²) in [4.78, 5) is 25.2. The van der Waals surface area contributed by atoms with Crippen molar-refractivity contribution in [3.05, 3.63) is 58.1 Å². The number of halogens is 1. The van der Waals surface area contributed by atoms with Crippen LogP contribution in [0, 0.1) is 20.8 Å². The highest BCUT2D eigenvalue weighted by Crippen LogP contribution is 2.22. The van der Waals surface area contributed by atoms with Crippen LogP contribution in [0.1, 0.15) is 16.7 Å². The lowest BCUT2D eigenvalue weighted by atomic mass is 10.1. The second kappa shape index (κ2) is 8.83. The number of aryl methyl sites for hydroxylation is 3. The Morgan fingerprint density at radius 3 is 2.12 bits per heavy atom. The van der Waals surface area contributed by atoms with Gasteiger partial charge in [-0.25, -0.2) is 0 Å². The Bertz CT molecular complexity index is 800. The van der Waals surface area contributed by atoms with Crippen LogP contribution in [-0.4, -0.2) is 32.0 Å². The number of likely N-dealkylation sites (N-methyl/N-ethyl adjacent to an activating group) is 1. The molecule has 1 atom stereocenters. The molecule has 0 saturated carbocycles. The average molecular weight is 375 g/mol. The van der Waals surface area contributed by atoms with Gasteiger partial charge < -0.3 is 15.5 Å². The molecule has 0 aliphatic heterocycles. The van der Waals surface area contributed by atoms with Crippen LogP contribution in [0.3, 0.4) is 0 Å². The van der Waals surface area contributed by atoms with Crippen LogP contribution in [0.15, 0.2) is 36.4 Å². The Hall–Kier alpha value is -2.37. The van der Waals surface area contributed by atoms with E-state index in [1.54, 1.807) is 19.2 Å². The zero-order chi connectivity index (χ0) is 19.3. The van der Waals surface area contributed by atoms with Crippen molar-refractivity contribution in [3.63, 3.8) is 0 Å². The van der Waals surface area contributed by atoms with Gasteiger partial charge in [-0.05, 0) is 49.6 Å². The number of carbonyl (C=O) groups is 2. The fourth-order valence-corrected chi connectivity index (χ4v) is 3.00. The lowest BCUT2D eigenvalue weighted by Gasteiger charge is -2.16. The van der Waals surface area contributed by atoms with Crippen LogP contribution >= 0.6 is 11.6 Å². The summed E-state index contributed by atoms with van der Waals surface area (Å²) in [6.45, 7) is 6.22. The van der Waals surface area contributed by atoms with E-state index in [9.17, 15) is 9.59 Å². The number of anilines is 2. The summed E-state index contributed by atoms with van der Waals surface area (Å²) in [6, 6.07) is 11.3. The van der Waals surface area contributed by atoms with Crippen LogP contribution < -0.4 is 15.5 Å². The number of para-hydroxylation sites is 1. The summed E-state index contributed by atoms with van der Waals surface area (Å²) in [6.07, 6.45) is 0. The van der Waals surface area contributed by atoms with Gasteiger partial charge in [-0.3, -0.25) is 9.59 Å². The molecule has 5 nitrogen and oxygen atoms in total. The van der Waals surface area contributed by atoms with E-state index in [2.05, 4.69) is 10.6 Å². The van der Waals surface area contributed by atoms with Crippen LogP contribution in [-0.2, 0) is 9.59 Å². The SMILES string of the molecule is Cc1ccc(NC(=O)C[NH+](C)CC(=O)Nc2c(C)cccc2C)c(Cl)c1. The van der Waals surface area contributed by atoms with E-state index in [-0.39, 0.29) is 24.9 Å². The molecule has 2 aromatic carbocycles. The van der Waals surface area contributed by atoms with E-state index in [4.69, 9.17) is 11.6 Å². The second-order valence-electron chi connectivity index (χ2n) is 6.66. The van der Waals surface area contributed by atoms with Crippen LogP contribution in [0.4, 0.5) is 11.4 Å². The number of amides is 2. The van der Waals surface area contributed by atoms with E-state index in [1.807, 2.05) is 45.0 Å². The molecular formula is C20H25ClN3O2+. The minimum Gasteiger partial charge on any atom is -0.322 e. The van der Waals surface area contributed by atoms with Crippen molar-refractivity contribution >= 4 is 34.8 Å². The Kier molecular flexibility index (Phi) is 6.77. The first-order valence-corrected chi connectivity index (χ1v) is 8.87. The van der Waals surface area contributed by atoms with Crippen LogP contribution in [0.25, 0.3) is 0 Å². The molecule has 3 N–H and O–H groups in total. The quantitative estimate of drug-likeness (QED) is 0.726. The minimum atomic E-state index is -0.187. The van der Waals surface area contributed by atoms with Gasteiger partial charge in [-0.1, -0.05) is 35.9 Å². The molecule has 138 valence electrons. The third-order valence-electron chi connectivity index (χ3n) is 4.07. The molecule has 2 amide bonds. The summed E-state index contributed by atoms with van der Waals surface area (Å²) in [7, 11) is 1.81. The largest absolute Gasteiger partial charge is 0.322 e. The van der Waals surface area contributed by atoms with Gasteiger partial charge in [-0.2, -0.15) is 0 Å². The Morgan fingerprint density at radius 1 is 0.962 bits per heavy atom. The monoisotopic (exact) mass is 374 g/mol. The molecule has 0 aliphatic carbocycles. The molecule has 0 aliphatic rings. The van der Waals surface area contributed by atoms with Gasteiger partial charge in [0.25, 0.3) is 11.8 Å². The third kappa shape index (κ3) is 5.58. The second-order valence-corrected chi connectivity index (χ2v) is 7.06. The maximum atomic E-state index is 12.3. The lowest BCUT2D eigenvalue weighted by Crippen LogP contribution is -3.11. The molecule has 0 bridgehead atoms. The molecular weight excluding hydrogens is 350 g/mol. The van der Waals surface area contributed by atoms with Crippen LogP contribution in [0.5, 0.6) is 0 Å². The van der Waals surface area contributed by atoms with Crippen molar-refractivity contribution in [2.75, 3.05) is 30.8 Å². The lowest BCUT2D eigenvalue weighted by molar-refractivity contribution is -0.862. The van der Waals surface area contributed by atoms with Gasteiger partial charge >= 0.3 is 0 Å². The highest BCUT2D eigenvalue weighted by atomic mass is 35.5. The fourth-order valence-electron chi connectivity index (χ4n) is 2.72. The van der Waals surface area contributed by atoms with Gasteiger partial charge in [0, 0.05) is 5.69 Å². The molecule has 1 unspecified atom stereocenters. The summed E-state index contributed by atoms with van der Waals surface area (Å²) < 4.78 is 0. The third-order valence-corrected chi connectivity index (χ3v) is 4.38. The summed E-state index contributed by atoms with van der Waals surface area (Å²) in [5.74, 6) is -0.311. The first kappa shape index (κ1) is 19.9. The molecule has 6 heteroatoms. The van der Waals surface area contributed by atoms with Gasteiger partial charge in [-0.15, -0.1) is 0 Å². The van der Waals surface area contributed by atoms with E-state index < -0.39 is 0 Å². The summed E-state index contributed by atoms with van der Waals surface area (Å²) >= 11 is 6.13. The van der Waals surface area contributed by atoms with Crippen molar-refractivity contribution < 1.29 is 14.5 Å². The normalized spacial score (nSPS) is 11.7. The van der Waals surface area contributed by atoms with Gasteiger partial charge in [0.2, 0.25) is 0 Å². The maximum absolute atomic E-state index is 12.3. The number of carbonyl (C=O) groups excluding carboxylic acids is 2. The van der Waals surface area contributed by atoms with Crippen LogP contribution in [0.2, 0.25) is 5.02 Å². The Morgan fingerprint density at radius 2 is 1.54 bits per heavy atom. The van der Waals surface area contributed by atoms with Gasteiger partial charge in [0.05, 0.1) is 17.8 Å². The maximum Gasteiger partial charge on any atom is 0.279 e. The van der Waals surface area contributed by atoms with Crippen molar-refractivity contribution in [1.29, 1.82) is 0 Å². The molecule has 0 fully saturated rings. The van der Waals surface area contributed by atoms with E-state index >= 15 is 0 Å². The van der Waals surface area contributed by atoms with Crippen molar-refractivity contribution in [2.24, 2.45) is 0 Å². The van der Waals surface area contributed by atoms with E-state index in [0.717, 1.165) is 27.3 Å². The molecule has 0 radical (unpaired) electrons. The van der Waals surface area contributed by atoms with E-state index in [1.165, 1.54) is 0 Å². The standard InChI is InChI=1S/C20H24ClN3O2/c1-13-8-9-17(16(21)10-13)22-18(25)11-24(4)12-19(26)23-20-14(2)6-5-7-15(20)3/h5-10H,11-12H2,1-4H3,(H,22,25)(H,23,26)/p+1. The number of hydrogen-bond acceptors (Lipinski definition) is 2. The highest BCUT2D eigenvalue weighted by molar-refractivity contribution is 6.33. The predicted molar refractivity (Wildman–Crippen MR) is 106 cm³/mol. The Balaban J connectivity index is 1.88. The predicted octanol–water partition coefficient (Wildman–Crippen LogP) is 2.36. The minimum absolute atomic E-state index is 0.124. The highest BCUT2D eigenvalue weighted by Gasteiger charge is 2.16. The molecule has 2 aromatic rings. The van der Waals surface area contributed by atoms with E-state index in [0.29, 0.717) is 10.7 Å². The number of quaternary nitrogens is 1. The zero-order valence-corrected chi connectivity index (χ0v) is 16.3. The molecule has 0 heterocycles.